The van der Waals surface area contributed by atoms with Gasteiger partial charge in [-0.15, -0.1) is 0 Å². The molecule has 0 atom stereocenters. The van der Waals surface area contributed by atoms with Crippen molar-refractivity contribution in [2.24, 2.45) is 4.99 Å². The number of anilines is 1. The van der Waals surface area contributed by atoms with Crippen molar-refractivity contribution in [2.75, 3.05) is 37.5 Å². The maximum Gasteiger partial charge on any atom is 0.243 e. The van der Waals surface area contributed by atoms with E-state index in [9.17, 15) is 9.18 Å². The molecule has 0 fully saturated rings. The number of carbonyl (C=O) groups is 1. The quantitative estimate of drug-likeness (QED) is 0.421. The fourth-order valence-corrected chi connectivity index (χ4v) is 1.73. The molecule has 1 aromatic carbocycles. The van der Waals surface area contributed by atoms with E-state index in [2.05, 4.69) is 20.9 Å². The second-order valence-corrected chi connectivity index (χ2v) is 4.89. The highest BCUT2D eigenvalue weighted by Gasteiger charge is 2.04. The van der Waals surface area contributed by atoms with Crippen molar-refractivity contribution in [3.8, 4) is 0 Å². The van der Waals surface area contributed by atoms with Crippen molar-refractivity contribution >= 4 is 29.3 Å². The summed E-state index contributed by atoms with van der Waals surface area (Å²) < 4.78 is 13.0. The number of benzene rings is 1. The van der Waals surface area contributed by atoms with E-state index < -0.39 is 0 Å². The number of amides is 1. The highest BCUT2D eigenvalue weighted by Crippen LogP contribution is 2.08. The Morgan fingerprint density at radius 2 is 2.20 bits per heavy atom. The summed E-state index contributed by atoms with van der Waals surface area (Å²) in [7, 11) is 1.64. The zero-order chi connectivity index (χ0) is 14.8. The normalized spacial score (nSPS) is 11.1. The second-order valence-electron chi connectivity index (χ2n) is 3.90. The van der Waals surface area contributed by atoms with Crippen molar-refractivity contribution in [1.82, 2.24) is 10.6 Å². The van der Waals surface area contributed by atoms with E-state index in [0.29, 0.717) is 11.6 Å². The Kier molecular flexibility index (Phi) is 7.49. The Morgan fingerprint density at radius 1 is 1.40 bits per heavy atom. The Hall–Kier alpha value is -1.76. The summed E-state index contributed by atoms with van der Waals surface area (Å²) in [6.45, 7) is 0.835. The Morgan fingerprint density at radius 3 is 2.85 bits per heavy atom. The van der Waals surface area contributed by atoms with E-state index in [1.54, 1.807) is 30.9 Å². The third-order valence-corrected chi connectivity index (χ3v) is 2.96. The van der Waals surface area contributed by atoms with Crippen molar-refractivity contribution in [2.45, 2.75) is 0 Å². The molecule has 7 heteroatoms. The lowest BCUT2D eigenvalue weighted by Crippen LogP contribution is -2.42. The lowest BCUT2D eigenvalue weighted by molar-refractivity contribution is -0.115. The van der Waals surface area contributed by atoms with Crippen LogP contribution in [0.25, 0.3) is 0 Å². The number of hydrogen-bond acceptors (Lipinski definition) is 3. The van der Waals surface area contributed by atoms with E-state index in [0.717, 1.165) is 12.3 Å². The summed E-state index contributed by atoms with van der Waals surface area (Å²) in [6.07, 6.45) is 2.02. The molecule has 1 rings (SSSR count). The van der Waals surface area contributed by atoms with Gasteiger partial charge in [-0.3, -0.25) is 9.79 Å². The molecular formula is C13H19FN4OS. The number of aliphatic imine (C=N–C) groups is 1. The average Bonchev–Trinajstić information content (AvgIpc) is 2.42. The van der Waals surface area contributed by atoms with Gasteiger partial charge in [0.25, 0.3) is 0 Å². The van der Waals surface area contributed by atoms with Crippen molar-refractivity contribution in [3.05, 3.63) is 30.1 Å². The number of carbonyl (C=O) groups excluding carboxylic acids is 1. The molecule has 0 aliphatic carbocycles. The molecule has 20 heavy (non-hydrogen) atoms. The number of thioether (sulfide) groups is 1. The first-order chi connectivity index (χ1) is 9.65. The first kappa shape index (κ1) is 16.3. The molecule has 1 aromatic rings. The molecule has 0 bridgehead atoms. The largest absolute Gasteiger partial charge is 0.356 e. The van der Waals surface area contributed by atoms with Gasteiger partial charge in [-0.1, -0.05) is 6.07 Å². The van der Waals surface area contributed by atoms with Crippen LogP contribution in [0.15, 0.2) is 29.3 Å². The van der Waals surface area contributed by atoms with Gasteiger partial charge in [-0.25, -0.2) is 4.39 Å². The maximum atomic E-state index is 13.0. The van der Waals surface area contributed by atoms with E-state index in [1.165, 1.54) is 12.1 Å². The molecule has 110 valence electrons. The minimum atomic E-state index is -0.384. The van der Waals surface area contributed by atoms with Crippen molar-refractivity contribution in [1.29, 1.82) is 0 Å². The molecular weight excluding hydrogens is 279 g/mol. The van der Waals surface area contributed by atoms with Crippen LogP contribution >= 0.6 is 11.8 Å². The molecule has 0 unspecified atom stereocenters. The smallest absolute Gasteiger partial charge is 0.243 e. The van der Waals surface area contributed by atoms with E-state index >= 15 is 0 Å². The van der Waals surface area contributed by atoms with E-state index in [1.807, 2.05) is 6.26 Å². The lowest BCUT2D eigenvalue weighted by Gasteiger charge is -2.11. The van der Waals surface area contributed by atoms with Crippen LogP contribution < -0.4 is 16.0 Å². The summed E-state index contributed by atoms with van der Waals surface area (Å²) in [4.78, 5) is 15.7. The predicted octanol–water partition coefficient (Wildman–Crippen LogP) is 1.29. The third-order valence-electron chi connectivity index (χ3n) is 2.35. The van der Waals surface area contributed by atoms with Crippen LogP contribution in [0.4, 0.5) is 10.1 Å². The van der Waals surface area contributed by atoms with Crippen LogP contribution in [0.5, 0.6) is 0 Å². The van der Waals surface area contributed by atoms with Crippen LogP contribution in [0, 0.1) is 5.82 Å². The summed E-state index contributed by atoms with van der Waals surface area (Å²) in [5.41, 5.74) is 0.433. The van der Waals surface area contributed by atoms with Crippen molar-refractivity contribution in [3.63, 3.8) is 0 Å². The zero-order valence-electron chi connectivity index (χ0n) is 11.6. The average molecular weight is 298 g/mol. The highest BCUT2D eigenvalue weighted by atomic mass is 32.2. The van der Waals surface area contributed by atoms with Gasteiger partial charge >= 0.3 is 0 Å². The number of rotatable bonds is 6. The fourth-order valence-electron chi connectivity index (χ4n) is 1.43. The summed E-state index contributed by atoms with van der Waals surface area (Å²) in [5, 5.41) is 8.56. The molecule has 1 amide bonds. The van der Waals surface area contributed by atoms with Gasteiger partial charge in [0, 0.05) is 25.0 Å². The van der Waals surface area contributed by atoms with Crippen molar-refractivity contribution < 1.29 is 9.18 Å². The third kappa shape index (κ3) is 6.42. The van der Waals surface area contributed by atoms with Crippen LogP contribution in [-0.4, -0.2) is 44.0 Å². The zero-order valence-corrected chi connectivity index (χ0v) is 12.4. The second kappa shape index (κ2) is 9.19. The maximum absolute atomic E-state index is 13.0. The Bertz CT molecular complexity index is 467. The van der Waals surface area contributed by atoms with Gasteiger partial charge in [0.15, 0.2) is 5.96 Å². The van der Waals surface area contributed by atoms with Gasteiger partial charge < -0.3 is 16.0 Å². The molecule has 5 nitrogen and oxygen atoms in total. The lowest BCUT2D eigenvalue weighted by atomic mass is 10.3. The highest BCUT2D eigenvalue weighted by molar-refractivity contribution is 7.98. The first-order valence-corrected chi connectivity index (χ1v) is 7.54. The minimum Gasteiger partial charge on any atom is -0.356 e. The van der Waals surface area contributed by atoms with E-state index in [-0.39, 0.29) is 18.3 Å². The summed E-state index contributed by atoms with van der Waals surface area (Å²) in [5.74, 6) is 0.873. The SMILES string of the molecule is CN=C(NCCSC)NCC(=O)Nc1cccc(F)c1. The standard InChI is InChI=1S/C13H19FN4OS/c1-15-13(16-6-7-20-2)17-9-12(19)18-11-5-3-4-10(14)8-11/h3-5,8H,6-7,9H2,1-2H3,(H,18,19)(H2,15,16,17). The fraction of sp³-hybridized carbons (Fsp3) is 0.385. The van der Waals surface area contributed by atoms with Gasteiger partial charge in [0.2, 0.25) is 5.91 Å². The molecule has 3 N–H and O–H groups in total. The molecule has 0 saturated carbocycles. The monoisotopic (exact) mass is 298 g/mol. The number of guanidine groups is 1. The molecule has 0 spiro atoms. The molecule has 0 heterocycles. The Labute approximate surface area is 122 Å². The van der Waals surface area contributed by atoms with Gasteiger partial charge in [-0.2, -0.15) is 11.8 Å². The molecule has 0 radical (unpaired) electrons. The molecule has 0 saturated heterocycles. The molecule has 0 aromatic heterocycles. The van der Waals surface area contributed by atoms with Gasteiger partial charge in [0.05, 0.1) is 6.54 Å². The van der Waals surface area contributed by atoms with Gasteiger partial charge in [-0.05, 0) is 24.5 Å². The minimum absolute atomic E-state index is 0.0649. The van der Waals surface area contributed by atoms with Crippen LogP contribution in [0.3, 0.4) is 0 Å². The molecule has 0 aliphatic rings. The number of halogens is 1. The van der Waals surface area contributed by atoms with E-state index in [4.69, 9.17) is 0 Å². The predicted molar refractivity (Wildman–Crippen MR) is 82.8 cm³/mol. The topological polar surface area (TPSA) is 65.5 Å². The number of nitrogens with zero attached hydrogens (tertiary/aromatic N) is 1. The summed E-state index contributed by atoms with van der Waals surface area (Å²) in [6, 6.07) is 5.77. The van der Waals surface area contributed by atoms with Crippen LogP contribution in [0.1, 0.15) is 0 Å². The number of nitrogens with one attached hydrogen (secondary N) is 3. The first-order valence-electron chi connectivity index (χ1n) is 6.14. The Balaban J connectivity index is 2.35. The van der Waals surface area contributed by atoms with Crippen LogP contribution in [-0.2, 0) is 4.79 Å². The van der Waals surface area contributed by atoms with Crippen LogP contribution in [0.2, 0.25) is 0 Å². The van der Waals surface area contributed by atoms with Gasteiger partial charge in [0.1, 0.15) is 5.82 Å². The molecule has 0 aliphatic heterocycles. The summed E-state index contributed by atoms with van der Waals surface area (Å²) >= 11 is 1.72. The number of hydrogen-bond donors (Lipinski definition) is 3.